The Balaban J connectivity index is 2.16. The van der Waals surface area contributed by atoms with Crippen molar-refractivity contribution in [2.24, 2.45) is 5.92 Å². The number of benzene rings is 1. The Morgan fingerprint density at radius 3 is 2.94 bits per heavy atom. The van der Waals surface area contributed by atoms with Crippen LogP contribution in [-0.4, -0.2) is 38.6 Å². The first-order chi connectivity index (χ1) is 8.20. The predicted octanol–water partition coefficient (Wildman–Crippen LogP) is 2.70. The number of likely N-dealkylation sites (N-methyl/N-ethyl adjacent to an activating group) is 1. The van der Waals surface area contributed by atoms with Crippen molar-refractivity contribution >= 4 is 15.9 Å². The Kier molecular flexibility index (Phi) is 4.60. The minimum absolute atomic E-state index is 0.627. The van der Waals surface area contributed by atoms with Gasteiger partial charge in [-0.05, 0) is 50.7 Å². The van der Waals surface area contributed by atoms with Gasteiger partial charge < -0.3 is 10.2 Å². The third-order valence-corrected chi connectivity index (χ3v) is 4.19. The van der Waals surface area contributed by atoms with Gasteiger partial charge in [-0.3, -0.25) is 0 Å². The van der Waals surface area contributed by atoms with Crippen molar-refractivity contribution in [3.63, 3.8) is 0 Å². The van der Waals surface area contributed by atoms with Crippen molar-refractivity contribution in [3.05, 3.63) is 34.3 Å². The molecule has 3 heteroatoms. The lowest BCUT2D eigenvalue weighted by Crippen LogP contribution is -2.26. The second kappa shape index (κ2) is 5.98. The zero-order chi connectivity index (χ0) is 12.3. The summed E-state index contributed by atoms with van der Waals surface area (Å²) in [4.78, 5) is 2.44. The van der Waals surface area contributed by atoms with E-state index in [1.165, 1.54) is 29.5 Å². The molecule has 2 unspecified atom stereocenters. The van der Waals surface area contributed by atoms with Gasteiger partial charge in [-0.1, -0.05) is 28.1 Å². The molecule has 0 aliphatic carbocycles. The summed E-state index contributed by atoms with van der Waals surface area (Å²) in [5, 5.41) is 3.34. The molecule has 17 heavy (non-hydrogen) atoms. The number of nitrogens with one attached hydrogen (secondary N) is 1. The van der Waals surface area contributed by atoms with Gasteiger partial charge in [0, 0.05) is 23.5 Å². The molecule has 1 aromatic carbocycles. The first-order valence-corrected chi connectivity index (χ1v) is 7.08. The van der Waals surface area contributed by atoms with Crippen LogP contribution in [0.25, 0.3) is 0 Å². The van der Waals surface area contributed by atoms with E-state index >= 15 is 0 Å². The first kappa shape index (κ1) is 13.1. The Hall–Kier alpha value is -0.380. The molecular weight excluding hydrogens is 276 g/mol. The maximum atomic E-state index is 3.57. The molecule has 1 aliphatic heterocycles. The zero-order valence-electron chi connectivity index (χ0n) is 10.6. The van der Waals surface area contributed by atoms with Crippen LogP contribution in [0.2, 0.25) is 0 Å². The van der Waals surface area contributed by atoms with E-state index in [-0.39, 0.29) is 0 Å². The van der Waals surface area contributed by atoms with Gasteiger partial charge in [0.15, 0.2) is 0 Å². The molecule has 0 aromatic heterocycles. The number of halogens is 1. The Bertz CT molecular complexity index is 367. The quantitative estimate of drug-likeness (QED) is 0.919. The molecule has 1 aliphatic rings. The van der Waals surface area contributed by atoms with E-state index in [1.807, 2.05) is 7.05 Å². The number of nitrogens with zero attached hydrogens (tertiary/aromatic N) is 1. The SMILES string of the molecule is CNCC(c1cccc(Br)c1)C1CCN(C)C1. The summed E-state index contributed by atoms with van der Waals surface area (Å²) < 4.78 is 1.18. The fourth-order valence-corrected chi connectivity index (χ4v) is 3.23. The molecule has 1 aromatic rings. The smallest absolute Gasteiger partial charge is 0.0178 e. The van der Waals surface area contributed by atoms with Gasteiger partial charge in [0.25, 0.3) is 0 Å². The van der Waals surface area contributed by atoms with E-state index in [4.69, 9.17) is 0 Å². The minimum atomic E-state index is 0.627. The van der Waals surface area contributed by atoms with Gasteiger partial charge in [-0.15, -0.1) is 0 Å². The molecule has 0 radical (unpaired) electrons. The monoisotopic (exact) mass is 296 g/mol. The molecule has 0 saturated carbocycles. The standard InChI is InChI=1S/C14H21BrN2/c1-16-9-14(12-6-7-17(2)10-12)11-4-3-5-13(15)8-11/h3-5,8,12,14,16H,6-7,9-10H2,1-2H3. The average Bonchev–Trinajstić information content (AvgIpc) is 2.72. The molecule has 1 fully saturated rings. The van der Waals surface area contributed by atoms with Crippen LogP contribution in [0.1, 0.15) is 17.9 Å². The van der Waals surface area contributed by atoms with Gasteiger partial charge in [0.2, 0.25) is 0 Å². The van der Waals surface area contributed by atoms with E-state index < -0.39 is 0 Å². The first-order valence-electron chi connectivity index (χ1n) is 6.29. The highest BCUT2D eigenvalue weighted by Gasteiger charge is 2.28. The molecule has 1 saturated heterocycles. The Morgan fingerprint density at radius 2 is 2.35 bits per heavy atom. The van der Waals surface area contributed by atoms with Crippen LogP contribution in [0.15, 0.2) is 28.7 Å². The normalized spacial score (nSPS) is 22.9. The molecule has 2 atom stereocenters. The minimum Gasteiger partial charge on any atom is -0.319 e. The second-order valence-electron chi connectivity index (χ2n) is 5.03. The lowest BCUT2D eigenvalue weighted by molar-refractivity contribution is 0.365. The third kappa shape index (κ3) is 3.30. The summed E-state index contributed by atoms with van der Waals surface area (Å²) in [5.74, 6) is 1.41. The van der Waals surface area contributed by atoms with Crippen LogP contribution in [0, 0.1) is 5.92 Å². The van der Waals surface area contributed by atoms with E-state index in [1.54, 1.807) is 0 Å². The van der Waals surface area contributed by atoms with Gasteiger partial charge in [0.1, 0.15) is 0 Å². The number of likely N-dealkylation sites (tertiary alicyclic amines) is 1. The van der Waals surface area contributed by atoms with Crippen LogP contribution in [0.3, 0.4) is 0 Å². The lowest BCUT2D eigenvalue weighted by Gasteiger charge is -2.24. The van der Waals surface area contributed by atoms with Crippen molar-refractivity contribution in [1.82, 2.24) is 10.2 Å². The summed E-state index contributed by atoms with van der Waals surface area (Å²) in [6, 6.07) is 8.76. The highest BCUT2D eigenvalue weighted by atomic mass is 79.9. The van der Waals surface area contributed by atoms with Crippen LogP contribution in [0.5, 0.6) is 0 Å². The maximum Gasteiger partial charge on any atom is 0.0178 e. The maximum absolute atomic E-state index is 3.57. The Labute approximate surface area is 113 Å². The highest BCUT2D eigenvalue weighted by Crippen LogP contribution is 2.32. The average molecular weight is 297 g/mol. The third-order valence-electron chi connectivity index (χ3n) is 3.70. The second-order valence-corrected chi connectivity index (χ2v) is 5.95. The predicted molar refractivity (Wildman–Crippen MR) is 76.4 cm³/mol. The van der Waals surface area contributed by atoms with E-state index in [0.29, 0.717) is 5.92 Å². The van der Waals surface area contributed by atoms with Gasteiger partial charge in [-0.25, -0.2) is 0 Å². The zero-order valence-corrected chi connectivity index (χ0v) is 12.2. The van der Waals surface area contributed by atoms with Crippen LogP contribution in [0.4, 0.5) is 0 Å². The van der Waals surface area contributed by atoms with Gasteiger partial charge >= 0.3 is 0 Å². The van der Waals surface area contributed by atoms with Crippen molar-refractivity contribution in [2.45, 2.75) is 12.3 Å². The van der Waals surface area contributed by atoms with Crippen molar-refractivity contribution in [3.8, 4) is 0 Å². The van der Waals surface area contributed by atoms with E-state index in [0.717, 1.165) is 12.5 Å². The molecule has 2 rings (SSSR count). The number of hydrogen-bond acceptors (Lipinski definition) is 2. The van der Waals surface area contributed by atoms with Crippen LogP contribution in [-0.2, 0) is 0 Å². The van der Waals surface area contributed by atoms with E-state index in [2.05, 4.69) is 57.5 Å². The molecule has 94 valence electrons. The highest BCUT2D eigenvalue weighted by molar-refractivity contribution is 9.10. The van der Waals surface area contributed by atoms with E-state index in [9.17, 15) is 0 Å². The van der Waals surface area contributed by atoms with Crippen molar-refractivity contribution < 1.29 is 0 Å². The van der Waals surface area contributed by atoms with Crippen molar-refractivity contribution in [1.29, 1.82) is 0 Å². The summed E-state index contributed by atoms with van der Waals surface area (Å²) in [5.41, 5.74) is 1.45. The molecule has 0 bridgehead atoms. The molecule has 1 N–H and O–H groups in total. The summed E-state index contributed by atoms with van der Waals surface area (Å²) in [6.07, 6.45) is 1.31. The summed E-state index contributed by atoms with van der Waals surface area (Å²) in [7, 11) is 4.26. The molecule has 2 nitrogen and oxygen atoms in total. The van der Waals surface area contributed by atoms with Gasteiger partial charge in [-0.2, -0.15) is 0 Å². The lowest BCUT2D eigenvalue weighted by atomic mass is 9.85. The fourth-order valence-electron chi connectivity index (χ4n) is 2.81. The number of hydrogen-bond donors (Lipinski definition) is 1. The molecule has 0 amide bonds. The summed E-state index contributed by atoms with van der Waals surface area (Å²) in [6.45, 7) is 3.52. The Morgan fingerprint density at radius 1 is 1.53 bits per heavy atom. The van der Waals surface area contributed by atoms with Gasteiger partial charge in [0.05, 0.1) is 0 Å². The van der Waals surface area contributed by atoms with Crippen molar-refractivity contribution in [2.75, 3.05) is 33.7 Å². The van der Waals surface area contributed by atoms with Crippen LogP contribution < -0.4 is 5.32 Å². The summed E-state index contributed by atoms with van der Waals surface area (Å²) >= 11 is 3.57. The fraction of sp³-hybridized carbons (Fsp3) is 0.571. The molecular formula is C14H21BrN2. The van der Waals surface area contributed by atoms with Crippen LogP contribution >= 0.6 is 15.9 Å². The number of rotatable bonds is 4. The largest absolute Gasteiger partial charge is 0.319 e. The molecule has 1 heterocycles. The molecule has 0 spiro atoms. The topological polar surface area (TPSA) is 15.3 Å².